The van der Waals surface area contributed by atoms with Gasteiger partial charge in [0.2, 0.25) is 0 Å². The molecule has 4 nitrogen and oxygen atoms in total. The molecule has 1 heterocycles. The molecule has 0 aromatic carbocycles. The molecule has 1 aromatic rings. The standard InChI is InChI=1S/C10H14N2O2/c1-12(8-4-6-10(13)14)9-5-2-3-7-11-9/h2-3,5,7H,4,6,8H2,1H3,(H,13,14). The summed E-state index contributed by atoms with van der Waals surface area (Å²) < 4.78 is 0. The molecule has 76 valence electrons. The minimum absolute atomic E-state index is 0.206. The van der Waals surface area contributed by atoms with Crippen molar-refractivity contribution in [3.8, 4) is 0 Å². The van der Waals surface area contributed by atoms with Gasteiger partial charge in [0, 0.05) is 26.2 Å². The zero-order chi connectivity index (χ0) is 10.4. The van der Waals surface area contributed by atoms with E-state index in [4.69, 9.17) is 5.11 Å². The highest BCUT2D eigenvalue weighted by molar-refractivity contribution is 5.66. The van der Waals surface area contributed by atoms with Crippen LogP contribution in [-0.4, -0.2) is 29.7 Å². The molecular formula is C10H14N2O2. The van der Waals surface area contributed by atoms with Gasteiger partial charge in [-0.3, -0.25) is 4.79 Å². The fourth-order valence-electron chi connectivity index (χ4n) is 1.16. The smallest absolute Gasteiger partial charge is 0.303 e. The van der Waals surface area contributed by atoms with Crippen LogP contribution in [0.5, 0.6) is 0 Å². The van der Waals surface area contributed by atoms with Crippen molar-refractivity contribution in [2.24, 2.45) is 0 Å². The topological polar surface area (TPSA) is 53.4 Å². The first-order chi connectivity index (χ1) is 6.70. The van der Waals surface area contributed by atoms with Crippen LogP contribution < -0.4 is 4.90 Å². The van der Waals surface area contributed by atoms with Gasteiger partial charge in [0.05, 0.1) is 0 Å². The first-order valence-electron chi connectivity index (χ1n) is 4.54. The maximum Gasteiger partial charge on any atom is 0.303 e. The summed E-state index contributed by atoms with van der Waals surface area (Å²) in [6.07, 6.45) is 2.57. The summed E-state index contributed by atoms with van der Waals surface area (Å²) in [6, 6.07) is 5.67. The maximum atomic E-state index is 10.3. The van der Waals surface area contributed by atoms with Gasteiger partial charge in [-0.1, -0.05) is 6.07 Å². The number of rotatable bonds is 5. The lowest BCUT2D eigenvalue weighted by atomic mass is 10.3. The summed E-state index contributed by atoms with van der Waals surface area (Å²) in [7, 11) is 1.91. The van der Waals surface area contributed by atoms with Crippen LogP contribution >= 0.6 is 0 Å². The van der Waals surface area contributed by atoms with Crippen LogP contribution in [0.4, 0.5) is 5.82 Å². The van der Waals surface area contributed by atoms with Crippen LogP contribution in [0.25, 0.3) is 0 Å². The van der Waals surface area contributed by atoms with E-state index in [0.29, 0.717) is 13.0 Å². The van der Waals surface area contributed by atoms with Crippen molar-refractivity contribution >= 4 is 11.8 Å². The number of carboxylic acid groups (broad SMARTS) is 1. The summed E-state index contributed by atoms with van der Waals surface area (Å²) in [6.45, 7) is 0.712. The molecule has 0 saturated carbocycles. The Kier molecular flexibility index (Phi) is 3.91. The predicted octanol–water partition coefficient (Wildman–Crippen LogP) is 1.38. The van der Waals surface area contributed by atoms with Gasteiger partial charge in [-0.2, -0.15) is 0 Å². The highest BCUT2D eigenvalue weighted by Gasteiger charge is 2.02. The van der Waals surface area contributed by atoms with E-state index in [-0.39, 0.29) is 6.42 Å². The Morgan fingerprint density at radius 2 is 2.36 bits per heavy atom. The van der Waals surface area contributed by atoms with Gasteiger partial charge in [-0.25, -0.2) is 4.98 Å². The Morgan fingerprint density at radius 3 is 2.93 bits per heavy atom. The van der Waals surface area contributed by atoms with Gasteiger partial charge in [0.1, 0.15) is 5.82 Å². The lowest BCUT2D eigenvalue weighted by Crippen LogP contribution is -2.20. The Labute approximate surface area is 83.2 Å². The van der Waals surface area contributed by atoms with E-state index in [1.165, 1.54) is 0 Å². The Bertz CT molecular complexity index is 287. The monoisotopic (exact) mass is 194 g/mol. The third-order valence-corrected chi connectivity index (χ3v) is 1.92. The van der Waals surface area contributed by atoms with Crippen LogP contribution in [0, 0.1) is 0 Å². The van der Waals surface area contributed by atoms with Crippen LogP contribution in [-0.2, 0) is 4.79 Å². The Morgan fingerprint density at radius 1 is 1.57 bits per heavy atom. The second-order valence-corrected chi connectivity index (χ2v) is 3.11. The second-order valence-electron chi connectivity index (χ2n) is 3.11. The van der Waals surface area contributed by atoms with Gasteiger partial charge in [-0.15, -0.1) is 0 Å². The number of aliphatic carboxylic acids is 1. The number of nitrogens with zero attached hydrogens (tertiary/aromatic N) is 2. The molecule has 0 aliphatic heterocycles. The minimum atomic E-state index is -0.751. The third-order valence-electron chi connectivity index (χ3n) is 1.92. The molecule has 4 heteroatoms. The number of carboxylic acids is 1. The van der Waals surface area contributed by atoms with Crippen molar-refractivity contribution in [3.05, 3.63) is 24.4 Å². The van der Waals surface area contributed by atoms with Crippen LogP contribution in [0.3, 0.4) is 0 Å². The fourth-order valence-corrected chi connectivity index (χ4v) is 1.16. The molecule has 0 fully saturated rings. The van der Waals surface area contributed by atoms with E-state index in [0.717, 1.165) is 5.82 Å². The second kappa shape index (κ2) is 5.21. The first kappa shape index (κ1) is 10.5. The SMILES string of the molecule is CN(CCCC(=O)O)c1ccccn1. The normalized spacial score (nSPS) is 9.79. The zero-order valence-electron chi connectivity index (χ0n) is 8.18. The van der Waals surface area contributed by atoms with Crippen molar-refractivity contribution in [2.45, 2.75) is 12.8 Å². The molecule has 0 atom stereocenters. The quantitative estimate of drug-likeness (QED) is 0.769. The van der Waals surface area contributed by atoms with Crippen molar-refractivity contribution in [2.75, 3.05) is 18.5 Å². The molecule has 1 aromatic heterocycles. The molecule has 1 N–H and O–H groups in total. The van der Waals surface area contributed by atoms with E-state index < -0.39 is 5.97 Å². The lowest BCUT2D eigenvalue weighted by Gasteiger charge is -2.16. The number of aromatic nitrogens is 1. The number of pyridine rings is 1. The van der Waals surface area contributed by atoms with Gasteiger partial charge < -0.3 is 10.0 Å². The average molecular weight is 194 g/mol. The summed E-state index contributed by atoms with van der Waals surface area (Å²) in [5.41, 5.74) is 0. The van der Waals surface area contributed by atoms with Gasteiger partial charge >= 0.3 is 5.97 Å². The van der Waals surface area contributed by atoms with Gasteiger partial charge in [-0.05, 0) is 18.6 Å². The molecule has 0 spiro atoms. The molecular weight excluding hydrogens is 180 g/mol. The number of hydrogen-bond donors (Lipinski definition) is 1. The van der Waals surface area contributed by atoms with E-state index in [1.54, 1.807) is 6.20 Å². The van der Waals surface area contributed by atoms with Crippen molar-refractivity contribution in [1.29, 1.82) is 0 Å². The fraction of sp³-hybridized carbons (Fsp3) is 0.400. The van der Waals surface area contributed by atoms with E-state index in [9.17, 15) is 4.79 Å². The number of hydrogen-bond acceptors (Lipinski definition) is 3. The Balaban J connectivity index is 2.36. The predicted molar refractivity (Wildman–Crippen MR) is 54.4 cm³/mol. The van der Waals surface area contributed by atoms with Crippen LogP contribution in [0.15, 0.2) is 24.4 Å². The average Bonchev–Trinajstić information content (AvgIpc) is 2.18. The van der Waals surface area contributed by atoms with E-state index in [2.05, 4.69) is 4.98 Å². The Hall–Kier alpha value is -1.58. The minimum Gasteiger partial charge on any atom is -0.481 e. The van der Waals surface area contributed by atoms with Crippen LogP contribution in [0.2, 0.25) is 0 Å². The summed E-state index contributed by atoms with van der Waals surface area (Å²) in [4.78, 5) is 16.4. The van der Waals surface area contributed by atoms with Gasteiger partial charge in [0.25, 0.3) is 0 Å². The number of carbonyl (C=O) groups is 1. The molecule has 0 amide bonds. The summed E-state index contributed by atoms with van der Waals surface area (Å²) in [5, 5.41) is 8.46. The molecule has 14 heavy (non-hydrogen) atoms. The summed E-state index contributed by atoms with van der Waals surface area (Å²) >= 11 is 0. The lowest BCUT2D eigenvalue weighted by molar-refractivity contribution is -0.137. The molecule has 0 aliphatic carbocycles. The van der Waals surface area contributed by atoms with Crippen molar-refractivity contribution in [3.63, 3.8) is 0 Å². The van der Waals surface area contributed by atoms with Crippen molar-refractivity contribution in [1.82, 2.24) is 4.98 Å². The molecule has 0 unspecified atom stereocenters. The van der Waals surface area contributed by atoms with Crippen LogP contribution in [0.1, 0.15) is 12.8 Å². The van der Waals surface area contributed by atoms with Crippen molar-refractivity contribution < 1.29 is 9.90 Å². The third kappa shape index (κ3) is 3.43. The highest BCUT2D eigenvalue weighted by Crippen LogP contribution is 2.07. The molecule has 0 saturated heterocycles. The highest BCUT2D eigenvalue weighted by atomic mass is 16.4. The first-order valence-corrected chi connectivity index (χ1v) is 4.54. The zero-order valence-corrected chi connectivity index (χ0v) is 8.18. The van der Waals surface area contributed by atoms with E-state index >= 15 is 0 Å². The number of anilines is 1. The van der Waals surface area contributed by atoms with Gasteiger partial charge in [0.15, 0.2) is 0 Å². The van der Waals surface area contributed by atoms with E-state index in [1.807, 2.05) is 30.1 Å². The molecule has 0 radical (unpaired) electrons. The molecule has 1 rings (SSSR count). The maximum absolute atomic E-state index is 10.3. The largest absolute Gasteiger partial charge is 0.481 e. The molecule has 0 aliphatic rings. The molecule has 0 bridgehead atoms. The summed E-state index contributed by atoms with van der Waals surface area (Å²) in [5.74, 6) is 0.123.